The normalized spacial score (nSPS) is 17.0. The molecule has 0 amide bonds. The van der Waals surface area contributed by atoms with Crippen LogP contribution in [0.3, 0.4) is 0 Å². The van der Waals surface area contributed by atoms with Crippen molar-refractivity contribution in [3.05, 3.63) is 54.1 Å². The van der Waals surface area contributed by atoms with Crippen LogP contribution in [0.25, 0.3) is 0 Å². The number of nitrogens with one attached hydrogen (secondary N) is 1. The number of amidine groups is 1. The fraction of sp³-hybridized carbons (Fsp3) is 0.417. The average Bonchev–Trinajstić information content (AvgIpc) is 3.00. The van der Waals surface area contributed by atoms with Crippen LogP contribution < -0.4 is 5.32 Å². The fourth-order valence-electron chi connectivity index (χ4n) is 3.89. The Morgan fingerprint density at radius 3 is 2.55 bits per heavy atom. The molecule has 4 rings (SSSR count). The standard InChI is InChI=1S/C24H30N4O4S/c1-25-23(24(29)30)32-17-16-31-15-14-27-10-12-28(13-11-27)22-18-6-2-4-8-20(18)33-21-9-5-3-7-19(21)26-22/h2-9,23,25H,10-17H2,1H3,(H,29,30). The van der Waals surface area contributed by atoms with Gasteiger partial charge in [0.1, 0.15) is 5.84 Å². The Balaban J connectivity index is 1.27. The first-order chi connectivity index (χ1) is 16.2. The molecule has 2 N–H and O–H groups in total. The summed E-state index contributed by atoms with van der Waals surface area (Å²) in [6.45, 7) is 5.74. The molecule has 176 valence electrons. The highest BCUT2D eigenvalue weighted by molar-refractivity contribution is 7.99. The fourth-order valence-corrected chi connectivity index (χ4v) is 4.91. The lowest BCUT2D eigenvalue weighted by Crippen LogP contribution is -2.49. The summed E-state index contributed by atoms with van der Waals surface area (Å²) >= 11 is 1.78. The summed E-state index contributed by atoms with van der Waals surface area (Å²) in [5.74, 6) is 0.0203. The highest BCUT2D eigenvalue weighted by atomic mass is 32.2. The lowest BCUT2D eigenvalue weighted by Gasteiger charge is -2.36. The minimum absolute atomic E-state index is 0.240. The summed E-state index contributed by atoms with van der Waals surface area (Å²) in [5, 5.41) is 11.5. The Bertz CT molecular complexity index is 978. The first-order valence-corrected chi connectivity index (χ1v) is 12.0. The summed E-state index contributed by atoms with van der Waals surface area (Å²) in [7, 11) is 1.55. The van der Waals surface area contributed by atoms with Gasteiger partial charge in [-0.15, -0.1) is 0 Å². The SMILES string of the molecule is CNC(OCCOCCN1CCN(C2=Nc3ccccc3Sc3ccccc32)CC1)C(=O)O. The second-order valence-electron chi connectivity index (χ2n) is 7.82. The first kappa shape index (κ1) is 23.7. The third-order valence-electron chi connectivity index (χ3n) is 5.66. The second-order valence-corrected chi connectivity index (χ2v) is 8.90. The van der Waals surface area contributed by atoms with E-state index in [9.17, 15) is 4.79 Å². The molecule has 2 aliphatic heterocycles. The number of carbonyl (C=O) groups is 1. The van der Waals surface area contributed by atoms with Gasteiger partial charge in [-0.3, -0.25) is 10.2 Å². The van der Waals surface area contributed by atoms with Gasteiger partial charge in [-0.05, 0) is 25.2 Å². The van der Waals surface area contributed by atoms with Crippen molar-refractivity contribution in [3.63, 3.8) is 0 Å². The molecule has 0 aliphatic carbocycles. The minimum Gasteiger partial charge on any atom is -0.478 e. The number of ether oxygens (including phenoxy) is 2. The average molecular weight is 471 g/mol. The number of hydrogen-bond donors (Lipinski definition) is 2. The predicted molar refractivity (Wildman–Crippen MR) is 128 cm³/mol. The molecule has 2 heterocycles. The highest BCUT2D eigenvalue weighted by Gasteiger charge is 2.25. The number of carboxylic acid groups (broad SMARTS) is 1. The Hall–Kier alpha value is -2.43. The summed E-state index contributed by atoms with van der Waals surface area (Å²) in [5.41, 5.74) is 2.21. The number of carboxylic acids is 1. The number of para-hydroxylation sites is 1. The van der Waals surface area contributed by atoms with Gasteiger partial charge in [-0.1, -0.05) is 42.1 Å². The summed E-state index contributed by atoms with van der Waals surface area (Å²) in [6.07, 6.45) is -0.996. The first-order valence-electron chi connectivity index (χ1n) is 11.2. The molecule has 8 nitrogen and oxygen atoms in total. The van der Waals surface area contributed by atoms with Crippen molar-refractivity contribution in [2.45, 2.75) is 16.0 Å². The molecule has 0 radical (unpaired) electrons. The van der Waals surface area contributed by atoms with E-state index >= 15 is 0 Å². The Morgan fingerprint density at radius 2 is 1.79 bits per heavy atom. The molecular formula is C24H30N4O4S. The summed E-state index contributed by atoms with van der Waals surface area (Å²) in [4.78, 5) is 23.2. The number of nitrogens with zero attached hydrogens (tertiary/aromatic N) is 3. The van der Waals surface area contributed by atoms with Gasteiger partial charge in [0.2, 0.25) is 6.23 Å². The van der Waals surface area contributed by atoms with Gasteiger partial charge >= 0.3 is 5.97 Å². The molecule has 1 saturated heterocycles. The number of hydrogen-bond acceptors (Lipinski definition) is 8. The van der Waals surface area contributed by atoms with Gasteiger partial charge in [0, 0.05) is 48.1 Å². The Morgan fingerprint density at radius 1 is 1.06 bits per heavy atom. The van der Waals surface area contributed by atoms with Crippen molar-refractivity contribution in [1.82, 2.24) is 15.1 Å². The van der Waals surface area contributed by atoms with Crippen LogP contribution in [0.15, 0.2) is 63.3 Å². The van der Waals surface area contributed by atoms with E-state index in [1.165, 1.54) is 15.4 Å². The molecule has 0 aromatic heterocycles. The molecule has 2 aromatic rings. The van der Waals surface area contributed by atoms with Crippen LogP contribution >= 0.6 is 11.8 Å². The minimum atomic E-state index is -1.03. The van der Waals surface area contributed by atoms with Crippen LogP contribution in [0.1, 0.15) is 5.56 Å². The largest absolute Gasteiger partial charge is 0.478 e. The molecule has 1 atom stereocenters. The zero-order valence-electron chi connectivity index (χ0n) is 18.8. The number of fused-ring (bicyclic) bond motifs is 2. The predicted octanol–water partition coefficient (Wildman–Crippen LogP) is 2.51. The molecule has 2 aromatic carbocycles. The number of aliphatic imine (C=N–C) groups is 1. The van der Waals surface area contributed by atoms with Crippen LogP contribution in [-0.4, -0.2) is 92.5 Å². The van der Waals surface area contributed by atoms with Gasteiger partial charge in [-0.2, -0.15) is 0 Å². The van der Waals surface area contributed by atoms with Crippen LogP contribution in [-0.2, 0) is 14.3 Å². The molecule has 1 fully saturated rings. The number of aliphatic carboxylic acids is 1. The summed E-state index contributed by atoms with van der Waals surface area (Å²) in [6, 6.07) is 16.8. The van der Waals surface area contributed by atoms with Crippen molar-refractivity contribution < 1.29 is 19.4 Å². The third-order valence-corrected chi connectivity index (χ3v) is 6.80. The van der Waals surface area contributed by atoms with Crippen molar-refractivity contribution >= 4 is 29.3 Å². The maximum atomic E-state index is 10.9. The highest BCUT2D eigenvalue weighted by Crippen LogP contribution is 2.40. The number of rotatable bonds is 9. The lowest BCUT2D eigenvalue weighted by atomic mass is 10.1. The van der Waals surface area contributed by atoms with Gasteiger partial charge < -0.3 is 19.5 Å². The maximum Gasteiger partial charge on any atom is 0.348 e. The van der Waals surface area contributed by atoms with Crippen LogP contribution in [0.4, 0.5) is 5.69 Å². The monoisotopic (exact) mass is 470 g/mol. The molecule has 1 unspecified atom stereocenters. The third kappa shape index (κ3) is 6.13. The van der Waals surface area contributed by atoms with E-state index in [2.05, 4.69) is 57.6 Å². The Kier molecular flexibility index (Phi) is 8.35. The number of likely N-dealkylation sites (N-methyl/N-ethyl adjacent to an activating group) is 1. The Labute approximate surface area is 198 Å². The number of piperazine rings is 1. The number of benzene rings is 2. The quantitative estimate of drug-likeness (QED) is 0.427. The molecular weight excluding hydrogens is 440 g/mol. The van der Waals surface area contributed by atoms with Gasteiger partial charge in [0.25, 0.3) is 0 Å². The lowest BCUT2D eigenvalue weighted by molar-refractivity contribution is -0.153. The van der Waals surface area contributed by atoms with Gasteiger partial charge in [0.05, 0.1) is 25.5 Å². The van der Waals surface area contributed by atoms with Crippen LogP contribution in [0, 0.1) is 0 Å². The van der Waals surface area contributed by atoms with E-state index in [1.54, 1.807) is 18.8 Å². The molecule has 2 aliphatic rings. The molecule has 0 saturated carbocycles. The summed E-state index contributed by atoms with van der Waals surface area (Å²) < 4.78 is 10.8. The van der Waals surface area contributed by atoms with E-state index in [0.29, 0.717) is 13.2 Å². The van der Waals surface area contributed by atoms with Crippen molar-refractivity contribution in [3.8, 4) is 0 Å². The molecule has 0 spiro atoms. The maximum absolute atomic E-state index is 10.9. The van der Waals surface area contributed by atoms with E-state index in [-0.39, 0.29) is 6.61 Å². The molecule has 0 bridgehead atoms. The topological polar surface area (TPSA) is 86.6 Å². The molecule has 33 heavy (non-hydrogen) atoms. The van der Waals surface area contributed by atoms with Gasteiger partial charge in [-0.25, -0.2) is 9.79 Å². The van der Waals surface area contributed by atoms with Crippen LogP contribution in [0.5, 0.6) is 0 Å². The molecule has 9 heteroatoms. The zero-order valence-corrected chi connectivity index (χ0v) is 19.6. The van der Waals surface area contributed by atoms with Crippen molar-refractivity contribution in [2.24, 2.45) is 4.99 Å². The van der Waals surface area contributed by atoms with Crippen molar-refractivity contribution in [2.75, 3.05) is 59.6 Å². The van der Waals surface area contributed by atoms with Crippen LogP contribution in [0.2, 0.25) is 0 Å². The van der Waals surface area contributed by atoms with Gasteiger partial charge in [0.15, 0.2) is 0 Å². The van der Waals surface area contributed by atoms with E-state index < -0.39 is 12.2 Å². The second kappa shape index (κ2) is 11.6. The van der Waals surface area contributed by atoms with E-state index in [0.717, 1.165) is 44.2 Å². The van der Waals surface area contributed by atoms with Crippen molar-refractivity contribution in [1.29, 1.82) is 0 Å². The van der Waals surface area contributed by atoms with E-state index in [1.807, 2.05) is 6.07 Å². The smallest absolute Gasteiger partial charge is 0.348 e. The van der Waals surface area contributed by atoms with E-state index in [4.69, 9.17) is 19.6 Å². The zero-order chi connectivity index (χ0) is 23.0.